The van der Waals surface area contributed by atoms with Crippen LogP contribution in [0.2, 0.25) is 0 Å². The molecule has 0 bridgehead atoms. The minimum absolute atomic E-state index is 0.0714. The number of amides is 3. The van der Waals surface area contributed by atoms with Crippen molar-refractivity contribution in [2.24, 2.45) is 0 Å². The van der Waals surface area contributed by atoms with Crippen molar-refractivity contribution in [2.45, 2.75) is 19.1 Å². The van der Waals surface area contributed by atoms with E-state index in [-0.39, 0.29) is 23.4 Å². The van der Waals surface area contributed by atoms with Gasteiger partial charge in [-0.15, -0.1) is 0 Å². The molecule has 0 aliphatic carbocycles. The number of halogens is 2. The fourth-order valence-electron chi connectivity index (χ4n) is 2.85. The van der Waals surface area contributed by atoms with Crippen molar-refractivity contribution in [3.8, 4) is 5.75 Å². The van der Waals surface area contributed by atoms with Crippen LogP contribution in [-0.4, -0.2) is 47.0 Å². The molecule has 1 aliphatic rings. The third-order valence-corrected chi connectivity index (χ3v) is 5.01. The molecular formula is C20H18BrFN2O5. The summed E-state index contributed by atoms with van der Waals surface area (Å²) in [7, 11) is 0. The lowest BCUT2D eigenvalue weighted by Crippen LogP contribution is -2.39. The van der Waals surface area contributed by atoms with Gasteiger partial charge in [0.15, 0.2) is 5.78 Å². The summed E-state index contributed by atoms with van der Waals surface area (Å²) >= 11 is 3.05. The van der Waals surface area contributed by atoms with Gasteiger partial charge in [0, 0.05) is 5.56 Å². The number of ether oxygens (including phenoxy) is 1. The number of nitrogens with one attached hydrogen (secondary N) is 1. The van der Waals surface area contributed by atoms with Crippen LogP contribution in [0.25, 0.3) is 0 Å². The highest BCUT2D eigenvalue weighted by Crippen LogP contribution is 2.26. The molecule has 1 saturated heterocycles. The number of urea groups is 1. The molecule has 9 heteroatoms. The fourth-order valence-corrected chi connectivity index (χ4v) is 3.25. The largest absolute Gasteiger partial charge is 0.491 e. The number of nitrogens with zero attached hydrogens (tertiary/aromatic N) is 1. The van der Waals surface area contributed by atoms with Gasteiger partial charge in [0.1, 0.15) is 30.3 Å². The van der Waals surface area contributed by atoms with E-state index >= 15 is 0 Å². The van der Waals surface area contributed by atoms with Crippen molar-refractivity contribution < 1.29 is 28.6 Å². The zero-order valence-corrected chi connectivity index (χ0v) is 17.0. The number of hydrogen-bond acceptors (Lipinski definition) is 5. The topological polar surface area (TPSA) is 95.9 Å². The van der Waals surface area contributed by atoms with E-state index in [2.05, 4.69) is 21.2 Å². The lowest BCUT2D eigenvalue weighted by Gasteiger charge is -2.18. The first-order valence-corrected chi connectivity index (χ1v) is 9.54. The zero-order chi connectivity index (χ0) is 21.1. The van der Waals surface area contributed by atoms with Crippen molar-refractivity contribution in [3.05, 3.63) is 63.9 Å². The molecule has 0 aromatic heterocycles. The summed E-state index contributed by atoms with van der Waals surface area (Å²) in [5, 5.41) is 12.7. The van der Waals surface area contributed by atoms with E-state index in [1.54, 1.807) is 24.3 Å². The van der Waals surface area contributed by atoms with Gasteiger partial charge in [-0.1, -0.05) is 6.07 Å². The van der Waals surface area contributed by atoms with Crippen molar-refractivity contribution in [2.75, 3.05) is 13.2 Å². The average molecular weight is 465 g/mol. The summed E-state index contributed by atoms with van der Waals surface area (Å²) in [6.45, 7) is 1.05. The van der Waals surface area contributed by atoms with E-state index in [9.17, 15) is 23.9 Å². The van der Waals surface area contributed by atoms with E-state index in [1.165, 1.54) is 25.1 Å². The van der Waals surface area contributed by atoms with Crippen LogP contribution in [0, 0.1) is 5.82 Å². The summed E-state index contributed by atoms with van der Waals surface area (Å²) in [6.07, 6.45) is -1.11. The van der Waals surface area contributed by atoms with Crippen molar-refractivity contribution in [1.29, 1.82) is 0 Å². The van der Waals surface area contributed by atoms with Crippen LogP contribution in [0.4, 0.5) is 9.18 Å². The molecule has 0 unspecified atom stereocenters. The Bertz CT molecular complexity index is 950. The number of ketones is 1. The molecule has 3 rings (SSSR count). The Kier molecular flexibility index (Phi) is 6.29. The van der Waals surface area contributed by atoms with Crippen LogP contribution in [0.1, 0.15) is 28.9 Å². The molecule has 2 atom stereocenters. The molecule has 29 heavy (non-hydrogen) atoms. The molecule has 0 radical (unpaired) electrons. The number of Topliss-reactive ketones (excluding diaryl/α,β-unsaturated/α-hetero) is 1. The maximum Gasteiger partial charge on any atom is 0.325 e. The Morgan fingerprint density at radius 1 is 1.28 bits per heavy atom. The lowest BCUT2D eigenvalue weighted by molar-refractivity contribution is -0.128. The highest BCUT2D eigenvalue weighted by Gasteiger charge is 2.40. The Balaban J connectivity index is 1.59. The number of aliphatic hydroxyl groups excluding tert-OH is 1. The number of hydrogen-bond donors (Lipinski definition) is 2. The number of carbonyl (C=O) groups excluding carboxylic acids is 3. The van der Waals surface area contributed by atoms with Gasteiger partial charge in [0.05, 0.1) is 11.0 Å². The summed E-state index contributed by atoms with van der Waals surface area (Å²) in [4.78, 5) is 36.9. The van der Waals surface area contributed by atoms with Crippen LogP contribution >= 0.6 is 15.9 Å². The van der Waals surface area contributed by atoms with Crippen LogP contribution in [0.5, 0.6) is 5.75 Å². The Hall–Kier alpha value is -2.78. The van der Waals surface area contributed by atoms with Gasteiger partial charge < -0.3 is 15.2 Å². The van der Waals surface area contributed by atoms with Crippen LogP contribution in [0.3, 0.4) is 0 Å². The van der Waals surface area contributed by atoms with Gasteiger partial charge in [0.25, 0.3) is 5.91 Å². The Morgan fingerprint density at radius 2 is 1.97 bits per heavy atom. The van der Waals surface area contributed by atoms with Crippen LogP contribution < -0.4 is 10.1 Å². The first-order valence-electron chi connectivity index (χ1n) is 8.75. The second-order valence-corrected chi connectivity index (χ2v) is 7.40. The standard InChI is InChI=1S/C20H18BrFN2O5/c1-11(25)12-2-5-15(6-3-12)29-10-14(26)9-24-19(27)18(23-20(24)28)13-4-7-17(22)16(21)8-13/h2-8,14,18,26H,9-10H2,1H3,(H,23,28)/t14-,18-/m1/s1. The number of imide groups is 1. The summed E-state index contributed by atoms with van der Waals surface area (Å²) in [5.74, 6) is -0.650. The molecule has 0 spiro atoms. The summed E-state index contributed by atoms with van der Waals surface area (Å²) in [5.41, 5.74) is 0.964. The first kappa shape index (κ1) is 20.9. The summed E-state index contributed by atoms with van der Waals surface area (Å²) in [6, 6.07) is 8.83. The third-order valence-electron chi connectivity index (χ3n) is 4.40. The maximum absolute atomic E-state index is 13.4. The molecule has 1 aliphatic heterocycles. The Labute approximate surface area is 174 Å². The lowest BCUT2D eigenvalue weighted by atomic mass is 10.1. The molecule has 1 fully saturated rings. The van der Waals surface area contributed by atoms with Gasteiger partial charge in [0.2, 0.25) is 0 Å². The average Bonchev–Trinajstić information content (AvgIpc) is 2.97. The van der Waals surface area contributed by atoms with Crippen molar-refractivity contribution >= 4 is 33.7 Å². The molecule has 7 nitrogen and oxygen atoms in total. The maximum atomic E-state index is 13.4. The SMILES string of the molecule is CC(=O)c1ccc(OC[C@H](O)CN2C(=O)N[C@H](c3ccc(F)c(Br)c3)C2=O)cc1. The number of rotatable bonds is 7. The first-order chi connectivity index (χ1) is 13.8. The highest BCUT2D eigenvalue weighted by atomic mass is 79.9. The smallest absolute Gasteiger partial charge is 0.325 e. The normalized spacial score (nSPS) is 17.2. The molecule has 152 valence electrons. The molecule has 2 aromatic carbocycles. The predicted molar refractivity (Wildman–Crippen MR) is 105 cm³/mol. The number of β-amino-alcohol motifs (C(OH)–C–C–N with tert-alkyl or cyclic N) is 1. The van der Waals surface area contributed by atoms with Gasteiger partial charge in [-0.3, -0.25) is 14.5 Å². The number of carbonyl (C=O) groups is 3. The Morgan fingerprint density at radius 3 is 2.59 bits per heavy atom. The van der Waals surface area contributed by atoms with Crippen molar-refractivity contribution in [1.82, 2.24) is 10.2 Å². The second-order valence-electron chi connectivity index (χ2n) is 6.55. The molecule has 0 saturated carbocycles. The zero-order valence-electron chi connectivity index (χ0n) is 15.4. The van der Waals surface area contributed by atoms with Gasteiger partial charge in [-0.25, -0.2) is 9.18 Å². The quantitative estimate of drug-likeness (QED) is 0.485. The number of benzene rings is 2. The molecule has 1 heterocycles. The second kappa shape index (κ2) is 8.71. The minimum atomic E-state index is -1.11. The van der Waals surface area contributed by atoms with Crippen molar-refractivity contribution in [3.63, 3.8) is 0 Å². The van der Waals surface area contributed by atoms with E-state index in [0.717, 1.165) is 4.90 Å². The van der Waals surface area contributed by atoms with Gasteiger partial charge in [-0.05, 0) is 64.8 Å². The molecule has 2 aromatic rings. The minimum Gasteiger partial charge on any atom is -0.491 e. The van der Waals surface area contributed by atoms with E-state index in [0.29, 0.717) is 16.9 Å². The highest BCUT2D eigenvalue weighted by molar-refractivity contribution is 9.10. The molecular weight excluding hydrogens is 447 g/mol. The third kappa shape index (κ3) is 4.80. The molecule has 3 amide bonds. The summed E-state index contributed by atoms with van der Waals surface area (Å²) < 4.78 is 19.0. The van der Waals surface area contributed by atoms with E-state index < -0.39 is 29.9 Å². The van der Waals surface area contributed by atoms with E-state index in [1.807, 2.05) is 0 Å². The van der Waals surface area contributed by atoms with Crippen LogP contribution in [0.15, 0.2) is 46.9 Å². The monoisotopic (exact) mass is 464 g/mol. The molecule has 2 N–H and O–H groups in total. The predicted octanol–water partition coefficient (Wildman–Crippen LogP) is 2.82. The van der Waals surface area contributed by atoms with Gasteiger partial charge in [-0.2, -0.15) is 0 Å². The van der Waals surface area contributed by atoms with Gasteiger partial charge >= 0.3 is 6.03 Å². The fraction of sp³-hybridized carbons (Fsp3) is 0.250. The number of aliphatic hydroxyl groups is 1. The van der Waals surface area contributed by atoms with Crippen LogP contribution in [-0.2, 0) is 4.79 Å². The van der Waals surface area contributed by atoms with E-state index in [4.69, 9.17) is 4.74 Å².